The summed E-state index contributed by atoms with van der Waals surface area (Å²) in [5.41, 5.74) is 0. The molecule has 1 fully saturated rings. The molecule has 1 aliphatic heterocycles. The minimum atomic E-state index is -0.962. The van der Waals surface area contributed by atoms with Crippen LogP contribution in [0.1, 0.15) is 77.6 Å². The maximum atomic E-state index is 10.2. The van der Waals surface area contributed by atoms with Crippen molar-refractivity contribution < 1.29 is 19.7 Å². The van der Waals surface area contributed by atoms with Gasteiger partial charge >= 0.3 is 0 Å². The smallest absolute Gasteiger partial charge is 0.102 e. The van der Waals surface area contributed by atoms with Crippen LogP contribution in [0.5, 0.6) is 0 Å². The Hall–Kier alpha value is -0.870. The van der Waals surface area contributed by atoms with Gasteiger partial charge in [-0.05, 0) is 25.7 Å². The summed E-state index contributed by atoms with van der Waals surface area (Å²) in [6.07, 6.45) is 14.5. The monoisotopic (exact) mass is 311 g/mol. The molecule has 0 saturated carbocycles. The molecule has 1 N–H and O–H groups in total. The highest BCUT2D eigenvalue weighted by Crippen LogP contribution is 2.28. The van der Waals surface area contributed by atoms with Crippen molar-refractivity contribution in [2.75, 3.05) is 0 Å². The number of epoxide rings is 1. The number of hydrogen-bond acceptors (Lipinski definition) is 4. The van der Waals surface area contributed by atoms with E-state index in [0.29, 0.717) is 12.5 Å². The van der Waals surface area contributed by atoms with Crippen LogP contribution in [-0.2, 0) is 9.53 Å². The Morgan fingerprint density at radius 2 is 1.91 bits per heavy atom. The number of aliphatic hydroxyl groups is 1. The maximum Gasteiger partial charge on any atom is 0.102 e. The van der Waals surface area contributed by atoms with E-state index < -0.39 is 5.97 Å². The number of unbranched alkanes of at least 4 members (excludes halogenated alkanes) is 6. The van der Waals surface area contributed by atoms with Crippen LogP contribution < -0.4 is 5.11 Å². The van der Waals surface area contributed by atoms with Crippen LogP contribution in [0.25, 0.3) is 0 Å². The van der Waals surface area contributed by atoms with Crippen molar-refractivity contribution in [3.8, 4) is 0 Å². The van der Waals surface area contributed by atoms with Crippen molar-refractivity contribution >= 4 is 5.97 Å². The van der Waals surface area contributed by atoms with Gasteiger partial charge in [-0.2, -0.15) is 0 Å². The molecule has 0 aromatic heterocycles. The molecule has 128 valence electrons. The molecule has 0 spiro atoms. The number of rotatable bonds is 14. The summed E-state index contributed by atoms with van der Waals surface area (Å²) in [6, 6.07) is 0. The van der Waals surface area contributed by atoms with E-state index in [1.807, 2.05) is 12.2 Å². The van der Waals surface area contributed by atoms with Crippen molar-refractivity contribution in [1.29, 1.82) is 0 Å². The lowest BCUT2D eigenvalue weighted by atomic mass is 10.1. The number of aliphatic carboxylic acids is 1. The molecule has 4 heteroatoms. The summed E-state index contributed by atoms with van der Waals surface area (Å²) in [5.74, 6) is -0.962. The van der Waals surface area contributed by atoms with Crippen LogP contribution in [0.4, 0.5) is 0 Å². The summed E-state index contributed by atoms with van der Waals surface area (Å²) in [7, 11) is 0. The Morgan fingerprint density at radius 1 is 1.18 bits per heavy atom. The lowest BCUT2D eigenvalue weighted by Crippen LogP contribution is -2.21. The second kappa shape index (κ2) is 11.7. The minimum absolute atomic E-state index is 0.159. The maximum absolute atomic E-state index is 10.2. The first-order chi connectivity index (χ1) is 10.6. The fourth-order valence-corrected chi connectivity index (χ4v) is 2.64. The van der Waals surface area contributed by atoms with Crippen LogP contribution in [0.2, 0.25) is 0 Å². The molecule has 0 aliphatic carbocycles. The molecule has 0 bridgehead atoms. The number of hydrogen-bond donors (Lipinski definition) is 1. The minimum Gasteiger partial charge on any atom is -0.550 e. The number of carboxylic acid groups (broad SMARTS) is 1. The normalized spacial score (nSPS) is 22.1. The molecule has 1 saturated heterocycles. The van der Waals surface area contributed by atoms with E-state index in [9.17, 15) is 15.0 Å². The van der Waals surface area contributed by atoms with E-state index in [4.69, 9.17) is 4.74 Å². The van der Waals surface area contributed by atoms with Gasteiger partial charge in [0.15, 0.2) is 0 Å². The van der Waals surface area contributed by atoms with Gasteiger partial charge < -0.3 is 19.7 Å². The van der Waals surface area contributed by atoms with Crippen LogP contribution in [0.15, 0.2) is 12.2 Å². The molecule has 1 aliphatic rings. The van der Waals surface area contributed by atoms with Crippen molar-refractivity contribution in [2.45, 2.75) is 95.9 Å². The standard InChI is InChI=1S/C18H32O4/c1-2-3-7-11-16-17(22-16)14-13-15(19)10-8-5-4-6-9-12-18(20)21/h13-17,19H,2-12H2,1H3,(H,20,21)/p-1/b14-13+. The van der Waals surface area contributed by atoms with Gasteiger partial charge in [0.1, 0.15) is 6.10 Å². The van der Waals surface area contributed by atoms with Gasteiger partial charge in [-0.1, -0.05) is 64.0 Å². The predicted molar refractivity (Wildman–Crippen MR) is 85.3 cm³/mol. The summed E-state index contributed by atoms with van der Waals surface area (Å²) >= 11 is 0. The number of ether oxygens (including phenoxy) is 1. The average molecular weight is 311 g/mol. The lowest BCUT2D eigenvalue weighted by Gasteiger charge is -2.05. The molecule has 1 rings (SSSR count). The average Bonchev–Trinajstić information content (AvgIpc) is 3.22. The zero-order valence-corrected chi connectivity index (χ0v) is 13.8. The number of aliphatic hydroxyl groups excluding tert-OH is 1. The SMILES string of the molecule is CCCCCC1OC1/C=C/C(O)CCCCCCCC(=O)[O-]. The Kier molecular flexibility index (Phi) is 10.2. The highest BCUT2D eigenvalue weighted by atomic mass is 16.6. The predicted octanol–water partition coefficient (Wildman–Crippen LogP) is 2.73. The summed E-state index contributed by atoms with van der Waals surface area (Å²) < 4.78 is 5.55. The quantitative estimate of drug-likeness (QED) is 0.304. The van der Waals surface area contributed by atoms with Gasteiger partial charge in [-0.25, -0.2) is 0 Å². The topological polar surface area (TPSA) is 72.9 Å². The zero-order valence-electron chi connectivity index (χ0n) is 13.8. The summed E-state index contributed by atoms with van der Waals surface area (Å²) in [5, 5.41) is 20.1. The first kappa shape index (κ1) is 19.2. The zero-order chi connectivity index (χ0) is 16.2. The molecule has 1 heterocycles. The molecule has 3 unspecified atom stereocenters. The van der Waals surface area contributed by atoms with E-state index in [1.165, 1.54) is 19.3 Å². The Labute approximate surface area is 134 Å². The number of carboxylic acids is 1. The Bertz CT molecular complexity index is 327. The van der Waals surface area contributed by atoms with Gasteiger partial charge in [0.05, 0.1) is 12.2 Å². The van der Waals surface area contributed by atoms with Crippen LogP contribution >= 0.6 is 0 Å². The second-order valence-corrected chi connectivity index (χ2v) is 6.27. The van der Waals surface area contributed by atoms with Crippen LogP contribution in [0.3, 0.4) is 0 Å². The number of carbonyl (C=O) groups is 1. The molecule has 3 atom stereocenters. The second-order valence-electron chi connectivity index (χ2n) is 6.27. The summed E-state index contributed by atoms with van der Waals surface area (Å²) in [4.78, 5) is 10.2. The van der Waals surface area contributed by atoms with E-state index in [1.54, 1.807) is 0 Å². The molecule has 0 aromatic carbocycles. The van der Waals surface area contributed by atoms with Crippen molar-refractivity contribution in [2.24, 2.45) is 0 Å². The number of carbonyl (C=O) groups excluding carboxylic acids is 1. The van der Waals surface area contributed by atoms with Gasteiger partial charge in [0, 0.05) is 5.97 Å². The van der Waals surface area contributed by atoms with Gasteiger partial charge in [0.2, 0.25) is 0 Å². The Morgan fingerprint density at radius 3 is 2.64 bits per heavy atom. The molecular weight excluding hydrogens is 280 g/mol. The molecule has 0 radical (unpaired) electrons. The van der Waals surface area contributed by atoms with Gasteiger partial charge in [-0.3, -0.25) is 0 Å². The lowest BCUT2D eigenvalue weighted by molar-refractivity contribution is -0.305. The largest absolute Gasteiger partial charge is 0.550 e. The highest BCUT2D eigenvalue weighted by molar-refractivity contribution is 5.63. The van der Waals surface area contributed by atoms with E-state index in [2.05, 4.69) is 6.92 Å². The third-order valence-electron chi connectivity index (χ3n) is 4.12. The van der Waals surface area contributed by atoms with Gasteiger partial charge in [-0.15, -0.1) is 0 Å². The van der Waals surface area contributed by atoms with Crippen molar-refractivity contribution in [3.63, 3.8) is 0 Å². The molecular formula is C18H31O4-. The summed E-state index contributed by atoms with van der Waals surface area (Å²) in [6.45, 7) is 2.20. The first-order valence-electron chi connectivity index (χ1n) is 8.85. The van der Waals surface area contributed by atoms with E-state index in [-0.39, 0.29) is 18.6 Å². The first-order valence-corrected chi connectivity index (χ1v) is 8.85. The molecule has 0 amide bonds. The molecule has 4 nitrogen and oxygen atoms in total. The third-order valence-corrected chi connectivity index (χ3v) is 4.12. The third kappa shape index (κ3) is 9.96. The van der Waals surface area contributed by atoms with Crippen LogP contribution in [0, 0.1) is 0 Å². The molecule has 0 aromatic rings. The van der Waals surface area contributed by atoms with E-state index in [0.717, 1.165) is 38.5 Å². The van der Waals surface area contributed by atoms with E-state index >= 15 is 0 Å². The van der Waals surface area contributed by atoms with Crippen LogP contribution in [-0.4, -0.2) is 29.4 Å². The fraction of sp³-hybridized carbons (Fsp3) is 0.833. The van der Waals surface area contributed by atoms with Crippen molar-refractivity contribution in [1.82, 2.24) is 0 Å². The van der Waals surface area contributed by atoms with Gasteiger partial charge in [0.25, 0.3) is 0 Å². The Balaban J connectivity index is 1.92. The highest BCUT2D eigenvalue weighted by Gasteiger charge is 2.35. The molecule has 22 heavy (non-hydrogen) atoms. The fourth-order valence-electron chi connectivity index (χ4n) is 2.64. The van der Waals surface area contributed by atoms with Crippen molar-refractivity contribution in [3.05, 3.63) is 12.2 Å².